The molecule has 0 bridgehead atoms. The molecule has 3 aromatic heterocycles. The van der Waals surface area contributed by atoms with Gasteiger partial charge in [0.1, 0.15) is 17.9 Å². The fourth-order valence-electron chi connectivity index (χ4n) is 6.52. The summed E-state index contributed by atoms with van der Waals surface area (Å²) in [5.41, 5.74) is 4.25. The molecule has 1 atom stereocenters. The van der Waals surface area contributed by atoms with Crippen LogP contribution < -0.4 is 15.3 Å². The highest BCUT2D eigenvalue weighted by Gasteiger charge is 2.44. The summed E-state index contributed by atoms with van der Waals surface area (Å²) in [4.78, 5) is 31.0. The van der Waals surface area contributed by atoms with Crippen molar-refractivity contribution in [2.45, 2.75) is 39.3 Å². The molecule has 216 valence electrons. The van der Waals surface area contributed by atoms with E-state index in [0.29, 0.717) is 17.1 Å². The van der Waals surface area contributed by atoms with Crippen molar-refractivity contribution in [3.63, 3.8) is 0 Å². The molecule has 2 N–H and O–H groups in total. The molecule has 42 heavy (non-hydrogen) atoms. The molecular weight excluding hydrogens is 535 g/mol. The van der Waals surface area contributed by atoms with Gasteiger partial charge in [-0.3, -0.25) is 9.58 Å². The highest BCUT2D eigenvalue weighted by molar-refractivity contribution is 5.75. The third-order valence-corrected chi connectivity index (χ3v) is 8.50. The molecule has 5 heterocycles. The molecule has 2 fully saturated rings. The van der Waals surface area contributed by atoms with Gasteiger partial charge in [0.05, 0.1) is 22.9 Å². The summed E-state index contributed by atoms with van der Waals surface area (Å²) in [6.07, 6.45) is 7.12. The average molecular weight is 569 g/mol. The second-order valence-corrected chi connectivity index (χ2v) is 11.8. The lowest BCUT2D eigenvalue weighted by molar-refractivity contribution is 0.270. The van der Waals surface area contributed by atoms with E-state index in [2.05, 4.69) is 47.0 Å². The molecule has 7 rings (SSSR count). The Labute approximate surface area is 242 Å². The van der Waals surface area contributed by atoms with Crippen LogP contribution in [-0.4, -0.2) is 60.8 Å². The summed E-state index contributed by atoms with van der Waals surface area (Å²) in [6.45, 7) is 8.67. The summed E-state index contributed by atoms with van der Waals surface area (Å²) in [6, 6.07) is 12.6. The largest absolute Gasteiger partial charge is 0.451 e. The Hall–Kier alpha value is -4.51. The fourth-order valence-corrected chi connectivity index (χ4v) is 6.52. The molecule has 2 saturated heterocycles. The Morgan fingerprint density at radius 3 is 2.76 bits per heavy atom. The van der Waals surface area contributed by atoms with Gasteiger partial charge in [0, 0.05) is 49.4 Å². The van der Waals surface area contributed by atoms with Crippen molar-refractivity contribution < 1.29 is 9.13 Å². The number of imidazole rings is 1. The van der Waals surface area contributed by atoms with E-state index in [1.807, 2.05) is 30.7 Å². The van der Waals surface area contributed by atoms with Gasteiger partial charge >= 0.3 is 5.69 Å². The molecule has 11 heteroatoms. The van der Waals surface area contributed by atoms with Crippen molar-refractivity contribution in [3.8, 4) is 22.8 Å². The van der Waals surface area contributed by atoms with E-state index in [9.17, 15) is 9.18 Å². The number of anilines is 1. The summed E-state index contributed by atoms with van der Waals surface area (Å²) in [7, 11) is 0. The van der Waals surface area contributed by atoms with Gasteiger partial charge in [-0.2, -0.15) is 5.10 Å². The molecule has 2 aliphatic heterocycles. The number of nitrogens with zero attached hydrogens (tertiary/aromatic N) is 6. The smallest absolute Gasteiger partial charge is 0.323 e. The molecule has 0 saturated carbocycles. The molecule has 0 radical (unpaired) electrons. The number of hydrogen-bond acceptors (Lipinski definition) is 7. The molecule has 0 amide bonds. The number of H-pyrrole nitrogens is 2. The Kier molecular flexibility index (Phi) is 6.53. The number of ether oxygens (including phenoxy) is 1. The summed E-state index contributed by atoms with van der Waals surface area (Å²) in [5, 5.41) is 4.42. The topological polar surface area (TPSA) is 108 Å². The van der Waals surface area contributed by atoms with Crippen molar-refractivity contribution in [2.24, 2.45) is 5.41 Å². The average Bonchev–Trinajstić information content (AvgIpc) is 3.77. The van der Waals surface area contributed by atoms with Gasteiger partial charge in [0.25, 0.3) is 0 Å². The van der Waals surface area contributed by atoms with Crippen molar-refractivity contribution >= 4 is 16.9 Å². The van der Waals surface area contributed by atoms with Gasteiger partial charge in [0.15, 0.2) is 11.6 Å². The maximum atomic E-state index is 14.4. The van der Waals surface area contributed by atoms with Crippen LogP contribution in [0.4, 0.5) is 10.2 Å². The first-order chi connectivity index (χ1) is 20.4. The third-order valence-electron chi connectivity index (χ3n) is 8.50. The van der Waals surface area contributed by atoms with Crippen molar-refractivity contribution in [2.75, 3.05) is 31.1 Å². The Bertz CT molecular complexity index is 1810. The SMILES string of the molecule is CC(C)n1nccc1-c1cc(F)ccc1Oc1cncnc1N1CCC2(CCN(Cc3ccc4[nH]c(=O)[nH]c4c3)C2)C1. The quantitative estimate of drug-likeness (QED) is 0.280. The predicted octanol–water partition coefficient (Wildman–Crippen LogP) is 5.12. The number of halogens is 1. The number of hydrogen-bond donors (Lipinski definition) is 2. The van der Waals surface area contributed by atoms with Crippen LogP contribution in [0.1, 0.15) is 38.3 Å². The monoisotopic (exact) mass is 568 g/mol. The number of likely N-dealkylation sites (tertiary alicyclic amines) is 1. The minimum absolute atomic E-state index is 0.106. The van der Waals surface area contributed by atoms with Crippen molar-refractivity contribution in [3.05, 3.63) is 83.1 Å². The fraction of sp³-hybridized carbons (Fsp3) is 0.355. The van der Waals surface area contributed by atoms with Crippen LogP contribution in [0, 0.1) is 11.2 Å². The highest BCUT2D eigenvalue weighted by atomic mass is 19.1. The maximum absolute atomic E-state index is 14.4. The molecule has 10 nitrogen and oxygen atoms in total. The lowest BCUT2D eigenvalue weighted by atomic mass is 9.86. The van der Waals surface area contributed by atoms with Crippen molar-refractivity contribution in [1.82, 2.24) is 34.6 Å². The number of aromatic amines is 2. The van der Waals surface area contributed by atoms with Crippen LogP contribution in [0.25, 0.3) is 22.3 Å². The molecule has 2 aromatic carbocycles. The molecule has 2 aliphatic rings. The van der Waals surface area contributed by atoms with E-state index in [1.165, 1.54) is 17.7 Å². The van der Waals surface area contributed by atoms with Gasteiger partial charge in [-0.15, -0.1) is 0 Å². The van der Waals surface area contributed by atoms with E-state index in [4.69, 9.17) is 4.74 Å². The second-order valence-electron chi connectivity index (χ2n) is 11.8. The third kappa shape index (κ3) is 4.94. The number of aromatic nitrogens is 6. The van der Waals surface area contributed by atoms with E-state index >= 15 is 0 Å². The number of benzene rings is 2. The van der Waals surface area contributed by atoms with Gasteiger partial charge < -0.3 is 19.6 Å². The van der Waals surface area contributed by atoms with Crippen LogP contribution in [0.2, 0.25) is 0 Å². The van der Waals surface area contributed by atoms with E-state index < -0.39 is 0 Å². The van der Waals surface area contributed by atoms with Crippen LogP contribution in [-0.2, 0) is 6.54 Å². The van der Waals surface area contributed by atoms with Gasteiger partial charge in [-0.05, 0) is 75.2 Å². The normalized spacial score (nSPS) is 19.1. The van der Waals surface area contributed by atoms with Crippen LogP contribution in [0.5, 0.6) is 11.5 Å². The van der Waals surface area contributed by atoms with E-state index in [1.54, 1.807) is 24.8 Å². The van der Waals surface area contributed by atoms with Crippen molar-refractivity contribution in [1.29, 1.82) is 0 Å². The highest BCUT2D eigenvalue weighted by Crippen LogP contribution is 2.44. The Morgan fingerprint density at radius 2 is 1.88 bits per heavy atom. The van der Waals surface area contributed by atoms with Crippen LogP contribution in [0.3, 0.4) is 0 Å². The molecule has 1 spiro atoms. The minimum atomic E-state index is -0.341. The number of nitrogens with one attached hydrogen (secondary N) is 2. The Morgan fingerprint density at radius 1 is 1.02 bits per heavy atom. The van der Waals surface area contributed by atoms with E-state index in [0.717, 1.165) is 68.1 Å². The number of rotatable bonds is 7. The lowest BCUT2D eigenvalue weighted by Gasteiger charge is -2.26. The van der Waals surface area contributed by atoms with Gasteiger partial charge in [-0.1, -0.05) is 6.07 Å². The minimum Gasteiger partial charge on any atom is -0.451 e. The summed E-state index contributed by atoms with van der Waals surface area (Å²) in [5.74, 6) is 1.47. The first-order valence-corrected chi connectivity index (χ1v) is 14.4. The predicted molar refractivity (Wildman–Crippen MR) is 158 cm³/mol. The van der Waals surface area contributed by atoms with E-state index in [-0.39, 0.29) is 23.0 Å². The molecule has 0 aliphatic carbocycles. The zero-order chi connectivity index (χ0) is 28.8. The zero-order valence-corrected chi connectivity index (χ0v) is 23.7. The van der Waals surface area contributed by atoms with Gasteiger partial charge in [0.2, 0.25) is 0 Å². The molecular formula is C31H33FN8O2. The molecule has 1 unspecified atom stereocenters. The summed E-state index contributed by atoms with van der Waals surface area (Å²) < 4.78 is 22.7. The zero-order valence-electron chi connectivity index (χ0n) is 23.7. The lowest BCUT2D eigenvalue weighted by Crippen LogP contribution is -2.31. The standard InChI is InChI=1S/C31H33FN8O2/c1-20(2)40-26(7-10-35-40)23-14-22(32)4-6-27(23)42-28-15-33-19-34-29(28)39-12-9-31(18-39)8-11-38(17-31)16-21-3-5-24-25(13-21)37-30(41)36-24/h3-7,10,13-15,19-20H,8-9,11-12,16-18H2,1-2H3,(H2,36,37,41). The second kappa shape index (κ2) is 10.4. The summed E-state index contributed by atoms with van der Waals surface area (Å²) >= 11 is 0. The Balaban J connectivity index is 1.09. The molecule has 5 aromatic rings. The number of fused-ring (bicyclic) bond motifs is 1. The maximum Gasteiger partial charge on any atom is 0.323 e. The first-order valence-electron chi connectivity index (χ1n) is 14.4. The first kappa shape index (κ1) is 26.4. The van der Waals surface area contributed by atoms with Crippen LogP contribution >= 0.6 is 0 Å². The van der Waals surface area contributed by atoms with Crippen LogP contribution in [0.15, 0.2) is 66.0 Å². The van der Waals surface area contributed by atoms with Gasteiger partial charge in [-0.25, -0.2) is 19.2 Å².